The van der Waals surface area contributed by atoms with Crippen LogP contribution in [0.1, 0.15) is 103 Å². The van der Waals surface area contributed by atoms with Gasteiger partial charge < -0.3 is 34.5 Å². The molecule has 0 aliphatic carbocycles. The number of H-pyrrole nitrogens is 2. The van der Waals surface area contributed by atoms with Crippen molar-refractivity contribution < 1.29 is 28.7 Å². The van der Waals surface area contributed by atoms with E-state index in [9.17, 15) is 19.2 Å². The number of ether oxygens (including phenoxy) is 2. The third kappa shape index (κ3) is 10.2. The second kappa shape index (κ2) is 20.2. The van der Waals surface area contributed by atoms with E-state index in [1.165, 1.54) is 19.8 Å². The van der Waals surface area contributed by atoms with Gasteiger partial charge >= 0.3 is 12.2 Å². The Kier molecular flexibility index (Phi) is 14.1. The molecule has 69 heavy (non-hydrogen) atoms. The smallest absolute Gasteiger partial charge is 0.407 e. The lowest BCUT2D eigenvalue weighted by atomic mass is 9.87. The molecule has 0 bridgehead atoms. The molecule has 5 heterocycles. The highest BCUT2D eigenvalue weighted by Gasteiger charge is 2.39. The first-order chi connectivity index (χ1) is 33.1. The molecule has 0 saturated carbocycles. The number of amides is 4. The van der Waals surface area contributed by atoms with Crippen LogP contribution < -0.4 is 10.6 Å². The molecule has 2 aliphatic heterocycles. The summed E-state index contributed by atoms with van der Waals surface area (Å²) in [4.78, 5) is 60.1. The van der Waals surface area contributed by atoms with Gasteiger partial charge in [0.25, 0.3) is 0 Å². The fourth-order valence-electron chi connectivity index (χ4n) is 9.51. The Hall–Kier alpha value is -7.23. The van der Waals surface area contributed by atoms with Crippen molar-refractivity contribution in [3.8, 4) is 50.8 Å². The van der Waals surface area contributed by atoms with Gasteiger partial charge in [0.1, 0.15) is 17.9 Å². The molecule has 2 aliphatic rings. The van der Waals surface area contributed by atoms with Crippen molar-refractivity contribution in [2.75, 3.05) is 27.3 Å². The van der Waals surface area contributed by atoms with E-state index in [1.807, 2.05) is 50.8 Å². The van der Waals surface area contributed by atoms with Crippen molar-refractivity contribution in [3.05, 3.63) is 108 Å². The third-order valence-corrected chi connectivity index (χ3v) is 13.4. The number of alkyl carbamates (subject to hydrolysis) is 2. The number of benzene rings is 3. The molecule has 3 aromatic heterocycles. The van der Waals surface area contributed by atoms with E-state index in [2.05, 4.69) is 129 Å². The topological polar surface area (TPSA) is 192 Å². The van der Waals surface area contributed by atoms with Gasteiger partial charge in [0.05, 0.1) is 49.1 Å². The highest BCUT2D eigenvalue weighted by atomic mass is 16.5. The molecule has 16 heteroatoms. The summed E-state index contributed by atoms with van der Waals surface area (Å²) in [5.74, 6) is 0.578. The van der Waals surface area contributed by atoms with E-state index in [0.29, 0.717) is 24.7 Å². The molecular weight excluding hydrogens is 873 g/mol. The number of aromatic nitrogens is 6. The molecule has 16 nitrogen and oxygen atoms in total. The second-order valence-electron chi connectivity index (χ2n) is 19.7. The van der Waals surface area contributed by atoms with Gasteiger partial charge in [-0.05, 0) is 90.0 Å². The Labute approximate surface area is 403 Å². The molecule has 4 amide bonds. The summed E-state index contributed by atoms with van der Waals surface area (Å²) >= 11 is 0. The predicted molar refractivity (Wildman–Crippen MR) is 264 cm³/mol. The van der Waals surface area contributed by atoms with Crippen molar-refractivity contribution in [1.82, 2.24) is 50.4 Å². The van der Waals surface area contributed by atoms with Crippen LogP contribution in [0.15, 0.2) is 91.0 Å². The normalized spacial score (nSPS) is 17.0. The minimum absolute atomic E-state index is 0.00753. The number of methoxy groups -OCH3 is 2. The van der Waals surface area contributed by atoms with E-state index in [4.69, 9.17) is 14.5 Å². The van der Waals surface area contributed by atoms with Gasteiger partial charge in [0, 0.05) is 29.9 Å². The summed E-state index contributed by atoms with van der Waals surface area (Å²) in [6.45, 7) is 15.4. The minimum atomic E-state index is -0.725. The Bertz CT molecular complexity index is 2610. The Balaban J connectivity index is 1.04. The zero-order valence-corrected chi connectivity index (χ0v) is 41.0. The van der Waals surface area contributed by atoms with Crippen LogP contribution in [0.4, 0.5) is 9.59 Å². The van der Waals surface area contributed by atoms with Crippen LogP contribution >= 0.6 is 0 Å². The Morgan fingerprint density at radius 2 is 1.13 bits per heavy atom. The maximum absolute atomic E-state index is 13.7. The Morgan fingerprint density at radius 3 is 1.64 bits per heavy atom. The fourth-order valence-corrected chi connectivity index (χ4v) is 9.51. The zero-order valence-electron chi connectivity index (χ0n) is 41.0. The lowest BCUT2D eigenvalue weighted by molar-refractivity contribution is -0.136. The molecule has 2 saturated heterocycles. The van der Waals surface area contributed by atoms with Crippen LogP contribution in [-0.4, -0.2) is 103 Å². The van der Waals surface area contributed by atoms with Crippen molar-refractivity contribution in [2.24, 2.45) is 11.8 Å². The Morgan fingerprint density at radius 1 is 0.638 bits per heavy atom. The summed E-state index contributed by atoms with van der Waals surface area (Å²) in [6.07, 6.45) is 1.91. The van der Waals surface area contributed by atoms with Gasteiger partial charge in [0.2, 0.25) is 11.8 Å². The molecule has 8 rings (SSSR count). The number of hydrogen-bond donors (Lipinski definition) is 4. The fraction of sp³-hybridized carbons (Fsp3) is 0.415. The number of nitrogens with one attached hydrogen (secondary N) is 4. The summed E-state index contributed by atoms with van der Waals surface area (Å²) in [5, 5.41) is 21.0. The van der Waals surface area contributed by atoms with Crippen molar-refractivity contribution in [3.63, 3.8) is 0 Å². The molecular formula is C53H64N10O6. The van der Waals surface area contributed by atoms with Gasteiger partial charge in [-0.3, -0.25) is 19.8 Å². The quantitative estimate of drug-likeness (QED) is 0.0874. The van der Waals surface area contributed by atoms with Crippen LogP contribution in [0.3, 0.4) is 0 Å². The summed E-state index contributed by atoms with van der Waals surface area (Å²) in [6, 6.07) is 29.7. The molecule has 4 atom stereocenters. The van der Waals surface area contributed by atoms with Crippen LogP contribution in [0.5, 0.6) is 0 Å². The lowest BCUT2D eigenvalue weighted by Gasteiger charge is -2.30. The molecule has 362 valence electrons. The molecule has 4 N–H and O–H groups in total. The summed E-state index contributed by atoms with van der Waals surface area (Å²) < 4.78 is 11.9. The first-order valence-electron chi connectivity index (χ1n) is 23.9. The van der Waals surface area contributed by atoms with Crippen molar-refractivity contribution >= 4 is 24.0 Å². The lowest BCUT2D eigenvalue weighted by Crippen LogP contribution is -2.51. The van der Waals surface area contributed by atoms with Crippen LogP contribution in [0.25, 0.3) is 50.8 Å². The molecule has 2 fully saturated rings. The highest BCUT2D eigenvalue weighted by molar-refractivity contribution is 5.87. The van der Waals surface area contributed by atoms with E-state index < -0.39 is 24.3 Å². The molecule has 6 aromatic rings. The van der Waals surface area contributed by atoms with E-state index in [0.717, 1.165) is 76.4 Å². The summed E-state index contributed by atoms with van der Waals surface area (Å²) in [5.41, 5.74) is 9.71. The maximum atomic E-state index is 13.7. The number of rotatable bonds is 13. The van der Waals surface area contributed by atoms with Crippen LogP contribution in [-0.2, 0) is 24.5 Å². The van der Waals surface area contributed by atoms with E-state index >= 15 is 0 Å². The van der Waals surface area contributed by atoms with Crippen molar-refractivity contribution in [2.45, 2.75) is 104 Å². The minimum Gasteiger partial charge on any atom is -0.453 e. The van der Waals surface area contributed by atoms with Gasteiger partial charge in [-0.15, -0.1) is 0 Å². The van der Waals surface area contributed by atoms with E-state index in [-0.39, 0.29) is 41.1 Å². The number of aromatic amines is 2. The van der Waals surface area contributed by atoms with Crippen LogP contribution in [0, 0.1) is 11.8 Å². The zero-order chi connectivity index (χ0) is 49.1. The third-order valence-electron chi connectivity index (χ3n) is 13.4. The summed E-state index contributed by atoms with van der Waals surface area (Å²) in [7, 11) is 2.58. The van der Waals surface area contributed by atoms with Gasteiger partial charge in [0.15, 0.2) is 5.82 Å². The predicted octanol–water partition coefficient (Wildman–Crippen LogP) is 9.37. The highest BCUT2D eigenvalue weighted by Crippen LogP contribution is 2.38. The van der Waals surface area contributed by atoms with Gasteiger partial charge in [-0.25, -0.2) is 14.6 Å². The largest absolute Gasteiger partial charge is 0.453 e. The number of carbonyl (C=O) groups excluding carboxylic acids is 4. The standard InChI is InChI=1S/C53H64N10O6/c1-31(2)45(54-51(66)68-8)49(64)61-28-10-12-43(61)40-30-39(57-58-40)33-14-16-34(17-15-33)41-26-27-42(63(41)38-24-22-37(23-25-38)53(5,6)7)35-18-20-36(21-19-35)47-56-48(60-59-47)44-13-11-29-62(44)50(65)46(32(3)4)55-52(67)69-9/h14-27,30-32,43-46H,10-13,28-29H2,1-9H3,(H,54,66)(H,55,67)(H,57,58)(H,56,59,60). The average Bonchev–Trinajstić information content (AvgIpc) is 4.21. The average molecular weight is 937 g/mol. The number of nitrogens with zero attached hydrogens (tertiary/aromatic N) is 6. The molecule has 0 radical (unpaired) electrons. The second-order valence-corrected chi connectivity index (χ2v) is 19.7. The first-order valence-corrected chi connectivity index (χ1v) is 23.9. The SMILES string of the molecule is COC(=O)NC(C(=O)N1CCCC1c1cc(-c2ccc(-c3ccc(-c4ccc(-c5n[nH]c(C6CCCN6C(=O)C(NC(=O)OC)C(C)C)n5)cc4)n3-c3ccc(C(C)(C)C)cc3)cc2)n[nH]1)C(C)C. The maximum Gasteiger partial charge on any atom is 0.407 e. The van der Waals surface area contributed by atoms with Gasteiger partial charge in [-0.1, -0.05) is 109 Å². The van der Waals surface area contributed by atoms with Crippen LogP contribution in [0.2, 0.25) is 0 Å². The van der Waals surface area contributed by atoms with E-state index in [1.54, 1.807) is 4.90 Å². The number of likely N-dealkylation sites (tertiary alicyclic amines) is 2. The monoisotopic (exact) mass is 937 g/mol. The first kappa shape index (κ1) is 48.2. The van der Waals surface area contributed by atoms with Crippen molar-refractivity contribution in [1.29, 1.82) is 0 Å². The molecule has 0 spiro atoms. The van der Waals surface area contributed by atoms with Gasteiger partial charge in [-0.2, -0.15) is 10.2 Å². The number of carbonyl (C=O) groups is 4. The molecule has 4 unspecified atom stereocenters. The number of hydrogen-bond acceptors (Lipinski definition) is 9. The molecule has 3 aromatic carbocycles.